The summed E-state index contributed by atoms with van der Waals surface area (Å²) >= 11 is 1.73. The molecule has 0 aliphatic rings. The first-order valence-electron chi connectivity index (χ1n) is 5.54. The van der Waals surface area contributed by atoms with E-state index >= 15 is 0 Å². The van der Waals surface area contributed by atoms with E-state index in [9.17, 15) is 0 Å². The first-order valence-corrected chi connectivity index (χ1v) is 6.42. The number of aliphatic hydroxyl groups excluding tert-OH is 1. The Morgan fingerprint density at radius 2 is 2.40 bits per heavy atom. The highest BCUT2D eigenvalue weighted by Gasteiger charge is 1.99. The van der Waals surface area contributed by atoms with Gasteiger partial charge in [-0.1, -0.05) is 6.92 Å². The maximum absolute atomic E-state index is 9.07. The maximum Gasteiger partial charge on any atom is 0.0926 e. The van der Waals surface area contributed by atoms with Gasteiger partial charge in [0.25, 0.3) is 0 Å². The molecule has 3 nitrogen and oxygen atoms in total. The van der Waals surface area contributed by atoms with Crippen molar-refractivity contribution in [2.75, 3.05) is 6.54 Å². The van der Waals surface area contributed by atoms with Gasteiger partial charge in [-0.15, -0.1) is 11.3 Å². The van der Waals surface area contributed by atoms with E-state index in [2.05, 4.69) is 22.6 Å². The Balaban J connectivity index is 2.09. The van der Waals surface area contributed by atoms with Crippen LogP contribution in [0.2, 0.25) is 0 Å². The fourth-order valence-corrected chi connectivity index (χ4v) is 2.08. The van der Waals surface area contributed by atoms with Crippen molar-refractivity contribution in [2.24, 2.45) is 0 Å². The molecule has 4 heteroatoms. The summed E-state index contributed by atoms with van der Waals surface area (Å²) in [5.74, 6) is 0. The van der Waals surface area contributed by atoms with Crippen molar-refractivity contribution in [3.63, 3.8) is 0 Å². The lowest BCUT2D eigenvalue weighted by molar-refractivity contribution is 0.181. The average Bonchev–Trinajstić information content (AvgIpc) is 2.65. The van der Waals surface area contributed by atoms with Crippen LogP contribution >= 0.6 is 11.3 Å². The highest BCUT2D eigenvalue weighted by atomic mass is 32.1. The first-order chi connectivity index (χ1) is 7.22. The van der Waals surface area contributed by atoms with Gasteiger partial charge in [0.1, 0.15) is 0 Å². The van der Waals surface area contributed by atoms with Crippen LogP contribution < -0.4 is 5.32 Å². The number of thiazole rings is 1. The zero-order chi connectivity index (χ0) is 11.1. The molecule has 15 heavy (non-hydrogen) atoms. The molecule has 1 atom stereocenters. The Kier molecular flexibility index (Phi) is 5.83. The number of aliphatic hydroxyl groups is 1. The van der Waals surface area contributed by atoms with Crippen LogP contribution in [-0.4, -0.2) is 22.7 Å². The summed E-state index contributed by atoms with van der Waals surface area (Å²) in [4.78, 5) is 4.47. The van der Waals surface area contributed by atoms with Gasteiger partial charge in [-0.2, -0.15) is 0 Å². The number of aryl methyl sites for hydroxylation is 1. The lowest BCUT2D eigenvalue weighted by atomic mass is 10.2. The van der Waals surface area contributed by atoms with Crippen molar-refractivity contribution in [3.05, 3.63) is 16.1 Å². The van der Waals surface area contributed by atoms with Crippen LogP contribution in [0.15, 0.2) is 5.38 Å². The molecule has 0 aromatic carbocycles. The van der Waals surface area contributed by atoms with Gasteiger partial charge in [-0.05, 0) is 32.7 Å². The van der Waals surface area contributed by atoms with E-state index in [1.54, 1.807) is 11.3 Å². The molecule has 1 unspecified atom stereocenters. The predicted octanol–water partition coefficient (Wildman–Crippen LogP) is 1.96. The van der Waals surface area contributed by atoms with E-state index in [1.807, 2.05) is 6.92 Å². The zero-order valence-corrected chi connectivity index (χ0v) is 10.3. The molecule has 0 saturated heterocycles. The van der Waals surface area contributed by atoms with E-state index in [4.69, 9.17) is 5.11 Å². The standard InChI is InChI=1S/C11H20N2OS/c1-3-11-13-10(8-15-11)7-12-6-4-5-9(2)14/h8-9,12,14H,3-7H2,1-2H3. The summed E-state index contributed by atoms with van der Waals surface area (Å²) in [7, 11) is 0. The van der Waals surface area contributed by atoms with Crippen molar-refractivity contribution in [1.29, 1.82) is 0 Å². The number of rotatable bonds is 7. The Bertz CT molecular complexity index is 273. The van der Waals surface area contributed by atoms with E-state index in [0.29, 0.717) is 0 Å². The lowest BCUT2D eigenvalue weighted by Gasteiger charge is -2.04. The second kappa shape index (κ2) is 6.93. The molecule has 0 saturated carbocycles. The van der Waals surface area contributed by atoms with E-state index in [0.717, 1.165) is 38.0 Å². The highest BCUT2D eigenvalue weighted by Crippen LogP contribution is 2.09. The minimum absolute atomic E-state index is 0.183. The molecular weight excluding hydrogens is 208 g/mol. The Morgan fingerprint density at radius 1 is 1.60 bits per heavy atom. The van der Waals surface area contributed by atoms with Crippen molar-refractivity contribution < 1.29 is 5.11 Å². The van der Waals surface area contributed by atoms with Crippen molar-refractivity contribution >= 4 is 11.3 Å². The molecule has 1 rings (SSSR count). The summed E-state index contributed by atoms with van der Waals surface area (Å²) < 4.78 is 0. The summed E-state index contributed by atoms with van der Waals surface area (Å²) in [5, 5.41) is 15.7. The van der Waals surface area contributed by atoms with Crippen LogP contribution in [0.3, 0.4) is 0 Å². The van der Waals surface area contributed by atoms with E-state index in [-0.39, 0.29) is 6.10 Å². The zero-order valence-electron chi connectivity index (χ0n) is 9.49. The smallest absolute Gasteiger partial charge is 0.0926 e. The Hall–Kier alpha value is -0.450. The lowest BCUT2D eigenvalue weighted by Crippen LogP contribution is -2.16. The molecule has 86 valence electrons. The van der Waals surface area contributed by atoms with Crippen molar-refractivity contribution in [1.82, 2.24) is 10.3 Å². The monoisotopic (exact) mass is 228 g/mol. The first kappa shape index (κ1) is 12.6. The fourth-order valence-electron chi connectivity index (χ4n) is 1.33. The molecule has 0 amide bonds. The number of aromatic nitrogens is 1. The Morgan fingerprint density at radius 3 is 3.00 bits per heavy atom. The normalized spacial score (nSPS) is 13.0. The molecule has 0 radical (unpaired) electrons. The summed E-state index contributed by atoms with van der Waals surface area (Å²) in [6.07, 6.45) is 2.72. The van der Waals surface area contributed by atoms with Gasteiger partial charge in [-0.3, -0.25) is 0 Å². The van der Waals surface area contributed by atoms with Gasteiger partial charge in [0.05, 0.1) is 16.8 Å². The molecule has 0 aliphatic heterocycles. The molecule has 1 aromatic rings. The van der Waals surface area contributed by atoms with Gasteiger partial charge < -0.3 is 10.4 Å². The fraction of sp³-hybridized carbons (Fsp3) is 0.727. The maximum atomic E-state index is 9.07. The number of nitrogens with one attached hydrogen (secondary N) is 1. The Labute approximate surface area is 95.6 Å². The van der Waals surface area contributed by atoms with Crippen molar-refractivity contribution in [3.8, 4) is 0 Å². The summed E-state index contributed by atoms with van der Waals surface area (Å²) in [5.41, 5.74) is 1.13. The number of nitrogens with zero attached hydrogens (tertiary/aromatic N) is 1. The van der Waals surface area contributed by atoms with Gasteiger partial charge >= 0.3 is 0 Å². The molecule has 2 N–H and O–H groups in total. The molecule has 0 spiro atoms. The molecule has 1 heterocycles. The summed E-state index contributed by atoms with van der Waals surface area (Å²) in [6.45, 7) is 5.74. The van der Waals surface area contributed by atoms with Crippen molar-refractivity contribution in [2.45, 2.75) is 45.8 Å². The summed E-state index contributed by atoms with van der Waals surface area (Å²) in [6, 6.07) is 0. The number of hydrogen-bond donors (Lipinski definition) is 2. The second-order valence-corrected chi connectivity index (χ2v) is 4.70. The second-order valence-electron chi connectivity index (χ2n) is 3.75. The van der Waals surface area contributed by atoms with Crippen LogP contribution in [0.5, 0.6) is 0 Å². The topological polar surface area (TPSA) is 45.2 Å². The molecule has 0 bridgehead atoms. The van der Waals surface area contributed by atoms with Crippen LogP contribution in [0.4, 0.5) is 0 Å². The van der Waals surface area contributed by atoms with Gasteiger partial charge in [0.2, 0.25) is 0 Å². The predicted molar refractivity (Wildman–Crippen MR) is 64.1 cm³/mol. The van der Waals surface area contributed by atoms with E-state index < -0.39 is 0 Å². The third-order valence-corrected chi connectivity index (χ3v) is 3.23. The minimum Gasteiger partial charge on any atom is -0.393 e. The molecular formula is C11H20N2OS. The van der Waals surface area contributed by atoms with Gasteiger partial charge in [0.15, 0.2) is 0 Å². The van der Waals surface area contributed by atoms with Crippen LogP contribution in [0, 0.1) is 0 Å². The molecule has 1 aromatic heterocycles. The van der Waals surface area contributed by atoms with Crippen LogP contribution in [0.25, 0.3) is 0 Å². The SMILES string of the molecule is CCc1nc(CNCCCC(C)O)cs1. The third kappa shape index (κ3) is 5.25. The third-order valence-electron chi connectivity index (χ3n) is 2.18. The molecule has 0 fully saturated rings. The quantitative estimate of drug-likeness (QED) is 0.701. The molecule has 0 aliphatic carbocycles. The largest absolute Gasteiger partial charge is 0.393 e. The van der Waals surface area contributed by atoms with Crippen LogP contribution in [0.1, 0.15) is 37.4 Å². The van der Waals surface area contributed by atoms with Crippen LogP contribution in [-0.2, 0) is 13.0 Å². The average molecular weight is 228 g/mol. The highest BCUT2D eigenvalue weighted by molar-refractivity contribution is 7.09. The minimum atomic E-state index is -0.183. The van der Waals surface area contributed by atoms with E-state index in [1.165, 1.54) is 5.01 Å². The van der Waals surface area contributed by atoms with Gasteiger partial charge in [-0.25, -0.2) is 4.98 Å². The number of hydrogen-bond acceptors (Lipinski definition) is 4. The van der Waals surface area contributed by atoms with Gasteiger partial charge in [0, 0.05) is 11.9 Å².